The number of methoxy groups -OCH3 is 1. The van der Waals surface area contributed by atoms with Gasteiger partial charge in [0.15, 0.2) is 0 Å². The lowest BCUT2D eigenvalue weighted by molar-refractivity contribution is 0.412. The van der Waals surface area contributed by atoms with E-state index in [1.165, 1.54) is 0 Å². The molecular weight excluding hydrogens is 272 g/mol. The van der Waals surface area contributed by atoms with Crippen LogP contribution in [0.15, 0.2) is 42.5 Å². The first-order valence-electron chi connectivity index (χ1n) is 6.25. The van der Waals surface area contributed by atoms with E-state index in [0.29, 0.717) is 17.9 Å². The van der Waals surface area contributed by atoms with Crippen LogP contribution in [0, 0.1) is 11.3 Å². The normalized spacial score (nSPS) is 10.1. The van der Waals surface area contributed by atoms with Gasteiger partial charge in [0.05, 0.1) is 12.7 Å². The molecule has 0 amide bonds. The van der Waals surface area contributed by atoms with Gasteiger partial charge in [0.25, 0.3) is 0 Å². The fourth-order valence-electron chi connectivity index (χ4n) is 1.94. The van der Waals surface area contributed by atoms with Gasteiger partial charge in [-0.1, -0.05) is 29.8 Å². The number of hydrogen-bond acceptors (Lipinski definition) is 3. The molecule has 0 heterocycles. The van der Waals surface area contributed by atoms with Gasteiger partial charge < -0.3 is 10.1 Å². The first kappa shape index (κ1) is 14.4. The summed E-state index contributed by atoms with van der Waals surface area (Å²) in [6.45, 7) is 1.44. The van der Waals surface area contributed by atoms with E-state index in [2.05, 4.69) is 11.4 Å². The zero-order valence-corrected chi connectivity index (χ0v) is 11.9. The number of nitrogens with one attached hydrogen (secondary N) is 1. The molecule has 0 unspecified atom stereocenters. The minimum absolute atomic E-state index is 0.547. The van der Waals surface area contributed by atoms with E-state index in [-0.39, 0.29) is 0 Å². The van der Waals surface area contributed by atoms with Gasteiger partial charge in [0.2, 0.25) is 0 Å². The van der Waals surface area contributed by atoms with Crippen molar-refractivity contribution in [2.45, 2.75) is 13.1 Å². The summed E-state index contributed by atoms with van der Waals surface area (Å²) in [4.78, 5) is 0. The quantitative estimate of drug-likeness (QED) is 0.915. The predicted molar refractivity (Wildman–Crippen MR) is 79.7 cm³/mol. The first-order chi connectivity index (χ1) is 9.72. The molecule has 0 saturated heterocycles. The van der Waals surface area contributed by atoms with Crippen molar-refractivity contribution in [2.24, 2.45) is 0 Å². The van der Waals surface area contributed by atoms with E-state index in [9.17, 15) is 0 Å². The Labute approximate surface area is 123 Å². The van der Waals surface area contributed by atoms with Crippen molar-refractivity contribution in [3.63, 3.8) is 0 Å². The van der Waals surface area contributed by atoms with Crippen LogP contribution >= 0.6 is 11.6 Å². The van der Waals surface area contributed by atoms with Crippen LogP contribution < -0.4 is 10.1 Å². The monoisotopic (exact) mass is 286 g/mol. The smallest absolute Gasteiger partial charge is 0.136 e. The Bertz CT molecular complexity index is 635. The van der Waals surface area contributed by atoms with Crippen LogP contribution in [0.5, 0.6) is 5.75 Å². The zero-order valence-electron chi connectivity index (χ0n) is 11.2. The molecule has 0 aliphatic heterocycles. The maximum absolute atomic E-state index is 8.93. The number of hydrogen-bond donors (Lipinski definition) is 1. The van der Waals surface area contributed by atoms with Crippen molar-refractivity contribution >= 4 is 11.6 Å². The van der Waals surface area contributed by atoms with Gasteiger partial charge >= 0.3 is 0 Å². The van der Waals surface area contributed by atoms with Crippen LogP contribution in [-0.2, 0) is 13.1 Å². The topological polar surface area (TPSA) is 45.0 Å². The molecule has 102 valence electrons. The summed E-state index contributed by atoms with van der Waals surface area (Å²) in [6, 6.07) is 15.4. The summed E-state index contributed by atoms with van der Waals surface area (Å²) in [5.41, 5.74) is 2.76. The van der Waals surface area contributed by atoms with Crippen LogP contribution in [0.4, 0.5) is 0 Å². The molecule has 3 nitrogen and oxygen atoms in total. The highest BCUT2D eigenvalue weighted by molar-refractivity contribution is 6.30. The molecule has 0 bridgehead atoms. The van der Waals surface area contributed by atoms with Gasteiger partial charge in [-0.3, -0.25) is 0 Å². The maximum atomic E-state index is 8.93. The second-order valence-corrected chi connectivity index (χ2v) is 4.82. The number of halogens is 1. The van der Waals surface area contributed by atoms with Gasteiger partial charge in [-0.2, -0.15) is 5.26 Å². The molecular formula is C16H15ClN2O. The lowest BCUT2D eigenvalue weighted by atomic mass is 10.1. The number of benzene rings is 2. The molecule has 0 saturated carbocycles. The van der Waals surface area contributed by atoms with Crippen molar-refractivity contribution in [3.8, 4) is 11.8 Å². The first-order valence-corrected chi connectivity index (χ1v) is 6.63. The lowest BCUT2D eigenvalue weighted by Crippen LogP contribution is -2.12. The van der Waals surface area contributed by atoms with Gasteiger partial charge in [0.1, 0.15) is 11.8 Å². The van der Waals surface area contributed by atoms with Gasteiger partial charge in [0, 0.05) is 18.1 Å². The average molecular weight is 287 g/mol. The number of nitriles is 1. The molecule has 0 aliphatic rings. The fourth-order valence-corrected chi connectivity index (χ4v) is 2.15. The van der Waals surface area contributed by atoms with Gasteiger partial charge in [-0.05, 0) is 35.4 Å². The van der Waals surface area contributed by atoms with E-state index < -0.39 is 0 Å². The summed E-state index contributed by atoms with van der Waals surface area (Å²) in [5.74, 6) is 0.606. The second-order valence-electron chi connectivity index (χ2n) is 4.38. The molecule has 0 aliphatic carbocycles. The van der Waals surface area contributed by atoms with Crippen LogP contribution in [0.1, 0.15) is 16.7 Å². The summed E-state index contributed by atoms with van der Waals surface area (Å²) in [6.07, 6.45) is 0. The van der Waals surface area contributed by atoms with E-state index in [4.69, 9.17) is 21.6 Å². The van der Waals surface area contributed by atoms with Crippen LogP contribution in [0.25, 0.3) is 0 Å². The van der Waals surface area contributed by atoms with Crippen LogP contribution in [0.2, 0.25) is 5.02 Å². The molecule has 0 radical (unpaired) electrons. The van der Waals surface area contributed by atoms with Crippen molar-refractivity contribution < 1.29 is 4.74 Å². The summed E-state index contributed by atoms with van der Waals surface area (Å²) in [5, 5.41) is 13.0. The third kappa shape index (κ3) is 3.74. The standard InChI is InChI=1S/C16H15ClN2O/c1-20-16-8-13(5-6-14(16)9-18)11-19-10-12-3-2-4-15(17)7-12/h2-8,19H,10-11H2,1H3. The Morgan fingerprint density at radius 3 is 2.55 bits per heavy atom. The van der Waals surface area contributed by atoms with Crippen LogP contribution in [-0.4, -0.2) is 7.11 Å². The number of rotatable bonds is 5. The summed E-state index contributed by atoms with van der Waals surface area (Å²) in [7, 11) is 1.57. The molecule has 4 heteroatoms. The number of nitrogens with zero attached hydrogens (tertiary/aromatic N) is 1. The Balaban J connectivity index is 1.96. The van der Waals surface area contributed by atoms with E-state index in [0.717, 1.165) is 22.7 Å². The highest BCUT2D eigenvalue weighted by Crippen LogP contribution is 2.19. The summed E-state index contributed by atoms with van der Waals surface area (Å²) >= 11 is 5.94. The van der Waals surface area contributed by atoms with Crippen molar-refractivity contribution in [3.05, 3.63) is 64.2 Å². The minimum atomic E-state index is 0.547. The van der Waals surface area contributed by atoms with E-state index >= 15 is 0 Å². The third-order valence-electron chi connectivity index (χ3n) is 2.93. The predicted octanol–water partition coefficient (Wildman–Crippen LogP) is 3.51. The zero-order chi connectivity index (χ0) is 14.4. The fraction of sp³-hybridized carbons (Fsp3) is 0.188. The van der Waals surface area contributed by atoms with Crippen LogP contribution in [0.3, 0.4) is 0 Å². The SMILES string of the molecule is COc1cc(CNCc2cccc(Cl)c2)ccc1C#N. The molecule has 0 fully saturated rings. The molecule has 0 spiro atoms. The van der Waals surface area contributed by atoms with E-state index in [1.807, 2.05) is 36.4 Å². The molecule has 0 aromatic heterocycles. The highest BCUT2D eigenvalue weighted by Gasteiger charge is 2.03. The molecule has 2 rings (SSSR count). The molecule has 1 N–H and O–H groups in total. The molecule has 2 aromatic rings. The molecule has 20 heavy (non-hydrogen) atoms. The van der Waals surface area contributed by atoms with Gasteiger partial charge in [-0.25, -0.2) is 0 Å². The van der Waals surface area contributed by atoms with Crippen molar-refractivity contribution in [1.82, 2.24) is 5.32 Å². The maximum Gasteiger partial charge on any atom is 0.136 e. The Kier molecular flexibility index (Phi) is 5.00. The van der Waals surface area contributed by atoms with Crippen molar-refractivity contribution in [1.29, 1.82) is 5.26 Å². The largest absolute Gasteiger partial charge is 0.495 e. The summed E-state index contributed by atoms with van der Waals surface area (Å²) < 4.78 is 5.19. The molecule has 0 atom stereocenters. The minimum Gasteiger partial charge on any atom is -0.495 e. The number of ether oxygens (including phenoxy) is 1. The molecule has 2 aromatic carbocycles. The Morgan fingerprint density at radius 1 is 1.15 bits per heavy atom. The second kappa shape index (κ2) is 6.95. The average Bonchev–Trinajstić information content (AvgIpc) is 2.47. The Hall–Kier alpha value is -2.02. The van der Waals surface area contributed by atoms with E-state index in [1.54, 1.807) is 13.2 Å². The third-order valence-corrected chi connectivity index (χ3v) is 3.17. The highest BCUT2D eigenvalue weighted by atomic mass is 35.5. The van der Waals surface area contributed by atoms with Crippen molar-refractivity contribution in [2.75, 3.05) is 7.11 Å². The lowest BCUT2D eigenvalue weighted by Gasteiger charge is -2.08. The Morgan fingerprint density at radius 2 is 1.90 bits per heavy atom. The van der Waals surface area contributed by atoms with Gasteiger partial charge in [-0.15, -0.1) is 0 Å².